The molecule has 4 heteroatoms. The first kappa shape index (κ1) is 11.0. The first-order valence-electron chi connectivity index (χ1n) is 4.36. The van der Waals surface area contributed by atoms with Crippen LogP contribution in [0.4, 0.5) is 0 Å². The largest absolute Gasteiger partial charge is 0.309 e. The molecule has 0 saturated carbocycles. The molecule has 1 rings (SSSR count). The van der Waals surface area contributed by atoms with E-state index in [1.807, 2.05) is 26.2 Å². The van der Waals surface area contributed by atoms with Crippen molar-refractivity contribution in [2.45, 2.75) is 5.03 Å². The normalized spacial score (nSPS) is 10.1. The van der Waals surface area contributed by atoms with Gasteiger partial charge in [-0.3, -0.25) is 0 Å². The Morgan fingerprint density at radius 2 is 2.29 bits per heavy atom. The van der Waals surface area contributed by atoms with Crippen LogP contribution >= 0.6 is 11.8 Å². The fourth-order valence-corrected chi connectivity index (χ4v) is 1.82. The van der Waals surface area contributed by atoms with Crippen LogP contribution in [0.3, 0.4) is 0 Å². The monoisotopic (exact) mass is 207 g/mol. The van der Waals surface area contributed by atoms with Gasteiger partial charge in [-0.15, -0.1) is 11.8 Å². The Bertz CT molecular complexity index is 313. The van der Waals surface area contributed by atoms with Crippen molar-refractivity contribution in [1.82, 2.24) is 9.88 Å². The highest BCUT2D eigenvalue weighted by Gasteiger charge is 1.96. The molecule has 1 aromatic rings. The van der Waals surface area contributed by atoms with Crippen LogP contribution in [-0.2, 0) is 0 Å². The van der Waals surface area contributed by atoms with Crippen molar-refractivity contribution in [1.29, 1.82) is 5.26 Å². The second-order valence-corrected chi connectivity index (χ2v) is 4.26. The van der Waals surface area contributed by atoms with E-state index in [2.05, 4.69) is 9.88 Å². The molecule has 1 aromatic heterocycles. The Balaban J connectivity index is 2.41. The summed E-state index contributed by atoms with van der Waals surface area (Å²) in [5.41, 5.74) is 0.613. The van der Waals surface area contributed by atoms with Gasteiger partial charge in [-0.1, -0.05) is 0 Å². The maximum absolute atomic E-state index is 8.57. The molecule has 0 radical (unpaired) electrons. The highest BCUT2D eigenvalue weighted by molar-refractivity contribution is 7.99. The smallest absolute Gasteiger partial charge is 0.101 e. The van der Waals surface area contributed by atoms with E-state index in [0.717, 1.165) is 17.3 Å². The summed E-state index contributed by atoms with van der Waals surface area (Å²) in [7, 11) is 4.10. The van der Waals surface area contributed by atoms with E-state index in [-0.39, 0.29) is 0 Å². The zero-order valence-corrected chi connectivity index (χ0v) is 9.21. The minimum Gasteiger partial charge on any atom is -0.309 e. The lowest BCUT2D eigenvalue weighted by atomic mass is 10.3. The van der Waals surface area contributed by atoms with Crippen molar-refractivity contribution >= 4 is 11.8 Å². The first-order chi connectivity index (χ1) is 6.72. The molecular weight excluding hydrogens is 194 g/mol. The summed E-state index contributed by atoms with van der Waals surface area (Å²) in [4.78, 5) is 6.30. The zero-order valence-electron chi connectivity index (χ0n) is 8.40. The van der Waals surface area contributed by atoms with Crippen molar-refractivity contribution in [3.05, 3.63) is 23.9 Å². The number of pyridine rings is 1. The Morgan fingerprint density at radius 3 is 2.79 bits per heavy atom. The number of hydrogen-bond acceptors (Lipinski definition) is 4. The van der Waals surface area contributed by atoms with Gasteiger partial charge in [0.1, 0.15) is 6.07 Å². The van der Waals surface area contributed by atoms with Crippen LogP contribution in [0, 0.1) is 11.3 Å². The topological polar surface area (TPSA) is 39.9 Å². The minimum absolute atomic E-state index is 0.613. The molecule has 0 amide bonds. The van der Waals surface area contributed by atoms with Gasteiger partial charge >= 0.3 is 0 Å². The maximum atomic E-state index is 8.57. The van der Waals surface area contributed by atoms with Crippen LogP contribution in [0.2, 0.25) is 0 Å². The van der Waals surface area contributed by atoms with Crippen molar-refractivity contribution in [3.8, 4) is 6.07 Å². The van der Waals surface area contributed by atoms with Crippen LogP contribution < -0.4 is 0 Å². The molecule has 0 aliphatic carbocycles. The predicted molar refractivity (Wildman–Crippen MR) is 58.2 cm³/mol. The van der Waals surface area contributed by atoms with E-state index in [9.17, 15) is 0 Å². The number of thioether (sulfide) groups is 1. The lowest BCUT2D eigenvalue weighted by Gasteiger charge is -2.07. The molecule has 0 fully saturated rings. The molecule has 1 heterocycles. The molecule has 0 bridgehead atoms. The Labute approximate surface area is 88.8 Å². The van der Waals surface area contributed by atoms with E-state index in [1.165, 1.54) is 0 Å². The minimum atomic E-state index is 0.613. The summed E-state index contributed by atoms with van der Waals surface area (Å²) in [6.45, 7) is 1.03. The van der Waals surface area contributed by atoms with E-state index in [1.54, 1.807) is 24.0 Å². The molecule has 14 heavy (non-hydrogen) atoms. The van der Waals surface area contributed by atoms with Crippen LogP contribution in [-0.4, -0.2) is 36.3 Å². The average molecular weight is 207 g/mol. The quantitative estimate of drug-likeness (QED) is 0.703. The average Bonchev–Trinajstić information content (AvgIpc) is 2.18. The summed E-state index contributed by atoms with van der Waals surface area (Å²) in [5.74, 6) is 1.02. The van der Waals surface area contributed by atoms with Gasteiger partial charge < -0.3 is 4.90 Å². The molecule has 3 nitrogen and oxygen atoms in total. The van der Waals surface area contributed by atoms with Crippen molar-refractivity contribution < 1.29 is 0 Å². The highest BCUT2D eigenvalue weighted by atomic mass is 32.2. The Morgan fingerprint density at radius 1 is 1.50 bits per heavy atom. The van der Waals surface area contributed by atoms with Crippen LogP contribution in [0.5, 0.6) is 0 Å². The standard InChI is InChI=1S/C10H13N3S/c1-13(2)5-6-14-10-4-3-9(7-11)8-12-10/h3-4,8H,5-6H2,1-2H3. The zero-order chi connectivity index (χ0) is 10.4. The van der Waals surface area contributed by atoms with Gasteiger partial charge in [0, 0.05) is 18.5 Å². The van der Waals surface area contributed by atoms with Gasteiger partial charge in [0.25, 0.3) is 0 Å². The Kier molecular flexibility index (Phi) is 4.44. The predicted octanol–water partition coefficient (Wildman–Crippen LogP) is 1.61. The first-order valence-corrected chi connectivity index (χ1v) is 5.34. The summed E-state index contributed by atoms with van der Waals surface area (Å²) >= 11 is 1.71. The second kappa shape index (κ2) is 5.63. The molecule has 0 N–H and O–H groups in total. The third kappa shape index (κ3) is 3.77. The summed E-state index contributed by atoms with van der Waals surface area (Å²) in [6, 6.07) is 5.73. The van der Waals surface area contributed by atoms with E-state index >= 15 is 0 Å². The van der Waals surface area contributed by atoms with E-state index in [4.69, 9.17) is 5.26 Å². The third-order valence-electron chi connectivity index (χ3n) is 1.65. The van der Waals surface area contributed by atoms with Crippen molar-refractivity contribution in [2.24, 2.45) is 0 Å². The number of aromatic nitrogens is 1. The number of rotatable bonds is 4. The summed E-state index contributed by atoms with van der Waals surface area (Å²) in [6.07, 6.45) is 1.61. The molecule has 0 spiro atoms. The molecule has 0 saturated heterocycles. The van der Waals surface area contributed by atoms with Gasteiger partial charge in [-0.2, -0.15) is 5.26 Å². The third-order valence-corrected chi connectivity index (χ3v) is 2.58. The molecule has 74 valence electrons. The molecule has 0 atom stereocenters. The van der Waals surface area contributed by atoms with Gasteiger partial charge in [0.15, 0.2) is 0 Å². The lowest BCUT2D eigenvalue weighted by molar-refractivity contribution is 0.437. The van der Waals surface area contributed by atoms with Gasteiger partial charge in [0.05, 0.1) is 10.6 Å². The fraction of sp³-hybridized carbons (Fsp3) is 0.400. The van der Waals surface area contributed by atoms with Crippen molar-refractivity contribution in [2.75, 3.05) is 26.4 Å². The molecule has 0 aliphatic heterocycles. The van der Waals surface area contributed by atoms with Gasteiger partial charge in [0.2, 0.25) is 0 Å². The van der Waals surface area contributed by atoms with Gasteiger partial charge in [-0.25, -0.2) is 4.98 Å². The van der Waals surface area contributed by atoms with E-state index < -0.39 is 0 Å². The number of nitrogens with zero attached hydrogens (tertiary/aromatic N) is 3. The maximum Gasteiger partial charge on any atom is 0.101 e. The summed E-state index contributed by atoms with van der Waals surface area (Å²) in [5, 5.41) is 9.55. The molecule has 0 aliphatic rings. The van der Waals surface area contributed by atoms with Gasteiger partial charge in [-0.05, 0) is 26.2 Å². The Hall–Kier alpha value is -1.05. The number of hydrogen-bond donors (Lipinski definition) is 0. The van der Waals surface area contributed by atoms with Crippen LogP contribution in [0.15, 0.2) is 23.4 Å². The van der Waals surface area contributed by atoms with Crippen molar-refractivity contribution in [3.63, 3.8) is 0 Å². The molecule has 0 aromatic carbocycles. The van der Waals surface area contributed by atoms with Crippen LogP contribution in [0.25, 0.3) is 0 Å². The lowest BCUT2D eigenvalue weighted by Crippen LogP contribution is -2.14. The molecule has 0 unspecified atom stereocenters. The van der Waals surface area contributed by atoms with Crippen LogP contribution in [0.1, 0.15) is 5.56 Å². The molecular formula is C10H13N3S. The fourth-order valence-electron chi connectivity index (χ4n) is 0.865. The second-order valence-electron chi connectivity index (χ2n) is 3.15. The highest BCUT2D eigenvalue weighted by Crippen LogP contribution is 2.14. The van der Waals surface area contributed by atoms with E-state index in [0.29, 0.717) is 5.56 Å². The SMILES string of the molecule is CN(C)CCSc1ccc(C#N)cn1. The number of nitriles is 1. The summed E-state index contributed by atoms with van der Waals surface area (Å²) < 4.78 is 0.